The van der Waals surface area contributed by atoms with Gasteiger partial charge in [0.2, 0.25) is 5.91 Å². The molecule has 0 aliphatic rings. The van der Waals surface area contributed by atoms with Crippen molar-refractivity contribution in [3.63, 3.8) is 0 Å². The molecule has 0 fully saturated rings. The van der Waals surface area contributed by atoms with Crippen LogP contribution >= 0.6 is 0 Å². The molecule has 0 aromatic rings. The molecule has 0 heterocycles. The molecule has 2 atom stereocenters. The Morgan fingerprint density at radius 3 is 1.63 bits per heavy atom. The molecule has 0 aromatic carbocycles. The Bertz CT molecular complexity index is 334. The van der Waals surface area contributed by atoms with Crippen LogP contribution in [0.2, 0.25) is 0 Å². The predicted molar refractivity (Wildman–Crippen MR) is 111 cm³/mol. The van der Waals surface area contributed by atoms with Crippen LogP contribution in [0.3, 0.4) is 0 Å². The largest absolute Gasteiger partial charge is 0.393 e. The van der Waals surface area contributed by atoms with Gasteiger partial charge in [-0.3, -0.25) is 9.69 Å². The molecule has 5 nitrogen and oxygen atoms in total. The van der Waals surface area contributed by atoms with Gasteiger partial charge in [-0.2, -0.15) is 0 Å². The highest BCUT2D eigenvalue weighted by atomic mass is 16.3. The molecule has 0 radical (unpaired) electrons. The van der Waals surface area contributed by atoms with Gasteiger partial charge in [-0.05, 0) is 25.7 Å². The maximum Gasteiger partial charge on any atom is 0.229 e. The van der Waals surface area contributed by atoms with E-state index in [1.165, 1.54) is 44.9 Å². The number of hydrogen-bond donors (Lipinski definition) is 3. The van der Waals surface area contributed by atoms with E-state index >= 15 is 0 Å². The molecule has 3 N–H and O–H groups in total. The fraction of sp³-hybridized carbons (Fsp3) is 0.955. The zero-order chi connectivity index (χ0) is 20.3. The Labute approximate surface area is 167 Å². The Balaban J connectivity index is 3.56. The molecule has 0 spiro atoms. The zero-order valence-corrected chi connectivity index (χ0v) is 17.9. The maximum atomic E-state index is 12.1. The van der Waals surface area contributed by atoms with Gasteiger partial charge in [0, 0.05) is 5.92 Å². The first-order valence-electron chi connectivity index (χ1n) is 11.3. The Hall–Kier alpha value is -0.650. The van der Waals surface area contributed by atoms with Gasteiger partial charge in [0.15, 0.2) is 0 Å². The lowest BCUT2D eigenvalue weighted by Gasteiger charge is -2.22. The summed E-state index contributed by atoms with van der Waals surface area (Å²) in [7, 11) is 0. The minimum Gasteiger partial charge on any atom is -0.393 e. The lowest BCUT2D eigenvalue weighted by Crippen LogP contribution is -2.37. The van der Waals surface area contributed by atoms with Crippen LogP contribution < -0.4 is 0 Å². The zero-order valence-electron chi connectivity index (χ0n) is 17.9. The van der Waals surface area contributed by atoms with E-state index in [0.29, 0.717) is 0 Å². The van der Waals surface area contributed by atoms with Gasteiger partial charge in [0.25, 0.3) is 0 Å². The van der Waals surface area contributed by atoms with Crippen molar-refractivity contribution in [2.24, 2.45) is 5.92 Å². The van der Waals surface area contributed by atoms with E-state index < -0.39 is 13.5 Å². The van der Waals surface area contributed by atoms with Crippen LogP contribution in [0, 0.1) is 5.92 Å². The fourth-order valence-corrected chi connectivity index (χ4v) is 3.55. The third-order valence-corrected chi connectivity index (χ3v) is 5.48. The molecule has 0 bridgehead atoms. The molecule has 2 unspecified atom stereocenters. The number of unbranched alkanes of at least 4 members (excludes halogenated alkanes) is 9. The molecule has 0 aliphatic heterocycles. The Morgan fingerprint density at radius 2 is 1.19 bits per heavy atom. The maximum absolute atomic E-state index is 12.1. The minimum atomic E-state index is -0.417. The summed E-state index contributed by atoms with van der Waals surface area (Å²) in [6.45, 7) is 3.35. The van der Waals surface area contributed by atoms with Gasteiger partial charge in [-0.15, -0.1) is 0 Å². The molecular formula is C22H45NO4. The van der Waals surface area contributed by atoms with Gasteiger partial charge in [0.05, 0.1) is 6.10 Å². The summed E-state index contributed by atoms with van der Waals surface area (Å²) in [5, 5.41) is 28.1. The first-order chi connectivity index (χ1) is 13.1. The van der Waals surface area contributed by atoms with Crippen molar-refractivity contribution in [2.75, 3.05) is 13.5 Å². The molecule has 0 saturated heterocycles. The molecule has 162 valence electrons. The van der Waals surface area contributed by atoms with Crippen LogP contribution in [0.1, 0.15) is 110 Å². The number of rotatable bonds is 19. The molecule has 0 aromatic heterocycles. The summed E-state index contributed by atoms with van der Waals surface area (Å²) in [5.41, 5.74) is 0. The summed E-state index contributed by atoms with van der Waals surface area (Å²) in [6.07, 6.45) is 16.4. The molecule has 5 heteroatoms. The number of hydrogen-bond acceptors (Lipinski definition) is 4. The van der Waals surface area contributed by atoms with E-state index in [-0.39, 0.29) is 17.9 Å². The van der Waals surface area contributed by atoms with Crippen LogP contribution in [-0.2, 0) is 4.79 Å². The summed E-state index contributed by atoms with van der Waals surface area (Å²) >= 11 is 0. The SMILES string of the molecule is CCCCCCC(O)CCCCCCCCCC(CC)C(=O)N(CO)CO. The monoisotopic (exact) mass is 387 g/mol. The van der Waals surface area contributed by atoms with E-state index in [9.17, 15) is 9.90 Å². The quantitative estimate of drug-likeness (QED) is 0.224. The molecular weight excluding hydrogens is 342 g/mol. The van der Waals surface area contributed by atoms with Crippen LogP contribution in [0.4, 0.5) is 0 Å². The first kappa shape index (κ1) is 26.4. The van der Waals surface area contributed by atoms with E-state index in [2.05, 4.69) is 6.92 Å². The predicted octanol–water partition coefficient (Wildman–Crippen LogP) is 4.58. The molecule has 1 amide bonds. The van der Waals surface area contributed by atoms with Crippen molar-refractivity contribution in [3.8, 4) is 0 Å². The van der Waals surface area contributed by atoms with E-state index in [4.69, 9.17) is 10.2 Å². The van der Waals surface area contributed by atoms with E-state index in [1.807, 2.05) is 6.92 Å². The van der Waals surface area contributed by atoms with Crippen molar-refractivity contribution in [1.29, 1.82) is 0 Å². The van der Waals surface area contributed by atoms with Crippen molar-refractivity contribution < 1.29 is 20.1 Å². The number of aliphatic hydroxyl groups excluding tert-OH is 3. The second-order valence-electron chi connectivity index (χ2n) is 7.82. The standard InChI is InChI=1S/C22H45NO4/c1-3-5-6-13-16-21(26)17-14-11-9-7-8-10-12-15-20(4-2)22(27)23(18-24)19-25/h20-21,24-26H,3-19H2,1-2H3. The van der Waals surface area contributed by atoms with Crippen molar-refractivity contribution >= 4 is 5.91 Å². The highest BCUT2D eigenvalue weighted by Crippen LogP contribution is 2.18. The average molecular weight is 388 g/mol. The molecule has 0 saturated carbocycles. The van der Waals surface area contributed by atoms with Gasteiger partial charge >= 0.3 is 0 Å². The number of carbonyl (C=O) groups is 1. The van der Waals surface area contributed by atoms with Crippen LogP contribution in [0.25, 0.3) is 0 Å². The van der Waals surface area contributed by atoms with Crippen LogP contribution in [0.5, 0.6) is 0 Å². The minimum absolute atomic E-state index is 0.0943. The molecule has 0 aliphatic carbocycles. The topological polar surface area (TPSA) is 81.0 Å². The van der Waals surface area contributed by atoms with Gasteiger partial charge in [-0.1, -0.05) is 84.5 Å². The number of carbonyl (C=O) groups excluding carboxylic acids is 1. The third-order valence-electron chi connectivity index (χ3n) is 5.48. The summed E-state index contributed by atoms with van der Waals surface area (Å²) in [6, 6.07) is 0. The van der Waals surface area contributed by atoms with E-state index in [0.717, 1.165) is 56.3 Å². The van der Waals surface area contributed by atoms with Crippen molar-refractivity contribution in [1.82, 2.24) is 4.90 Å². The highest BCUT2D eigenvalue weighted by molar-refractivity contribution is 5.78. The van der Waals surface area contributed by atoms with Gasteiger partial charge < -0.3 is 15.3 Å². The Kier molecular flexibility index (Phi) is 18.3. The third kappa shape index (κ3) is 14.1. The van der Waals surface area contributed by atoms with Crippen molar-refractivity contribution in [3.05, 3.63) is 0 Å². The smallest absolute Gasteiger partial charge is 0.229 e. The summed E-state index contributed by atoms with van der Waals surface area (Å²) in [4.78, 5) is 13.2. The highest BCUT2D eigenvalue weighted by Gasteiger charge is 2.21. The molecule has 0 rings (SSSR count). The van der Waals surface area contributed by atoms with Crippen molar-refractivity contribution in [2.45, 2.75) is 116 Å². The second kappa shape index (κ2) is 18.7. The van der Waals surface area contributed by atoms with Crippen LogP contribution in [-0.4, -0.2) is 45.7 Å². The average Bonchev–Trinajstić information content (AvgIpc) is 2.67. The van der Waals surface area contributed by atoms with Gasteiger partial charge in [0.1, 0.15) is 13.5 Å². The normalized spacial score (nSPS) is 13.5. The Morgan fingerprint density at radius 1 is 0.741 bits per heavy atom. The lowest BCUT2D eigenvalue weighted by molar-refractivity contribution is -0.144. The lowest BCUT2D eigenvalue weighted by atomic mass is 9.96. The fourth-order valence-electron chi connectivity index (χ4n) is 3.55. The first-order valence-corrected chi connectivity index (χ1v) is 11.3. The summed E-state index contributed by atoms with van der Waals surface area (Å²) in [5.74, 6) is -0.237. The number of aliphatic hydroxyl groups is 3. The van der Waals surface area contributed by atoms with E-state index in [1.54, 1.807) is 0 Å². The van der Waals surface area contributed by atoms with Crippen LogP contribution in [0.15, 0.2) is 0 Å². The summed E-state index contributed by atoms with van der Waals surface area (Å²) < 4.78 is 0. The number of nitrogens with zero attached hydrogens (tertiary/aromatic N) is 1. The number of amides is 1. The molecule has 27 heavy (non-hydrogen) atoms. The second-order valence-corrected chi connectivity index (χ2v) is 7.82. The van der Waals surface area contributed by atoms with Gasteiger partial charge in [-0.25, -0.2) is 0 Å².